The summed E-state index contributed by atoms with van der Waals surface area (Å²) in [6, 6.07) is 7.84. The van der Waals surface area contributed by atoms with Gasteiger partial charge in [-0.1, -0.05) is 29.3 Å². The van der Waals surface area contributed by atoms with Crippen molar-refractivity contribution in [3.8, 4) is 0 Å². The van der Waals surface area contributed by atoms with Gasteiger partial charge in [0, 0.05) is 15.6 Å². The topological polar surface area (TPSA) is 60.2 Å². The van der Waals surface area contributed by atoms with Crippen LogP contribution in [0, 0.1) is 5.82 Å². The molecule has 0 unspecified atom stereocenters. The molecule has 0 heterocycles. The van der Waals surface area contributed by atoms with E-state index in [1.54, 1.807) is 18.2 Å². The van der Waals surface area contributed by atoms with E-state index in [1.165, 1.54) is 0 Å². The van der Waals surface area contributed by atoms with E-state index in [1.807, 2.05) is 0 Å². The van der Waals surface area contributed by atoms with Crippen LogP contribution in [-0.2, 0) is 15.6 Å². The van der Waals surface area contributed by atoms with Crippen molar-refractivity contribution in [3.05, 3.63) is 57.8 Å². The minimum Gasteiger partial charge on any atom is -0.398 e. The molecule has 0 atom stereocenters. The van der Waals surface area contributed by atoms with Crippen LogP contribution in [0.4, 0.5) is 10.1 Å². The van der Waals surface area contributed by atoms with Crippen molar-refractivity contribution in [2.24, 2.45) is 0 Å². The van der Waals surface area contributed by atoms with E-state index in [9.17, 15) is 12.8 Å². The minimum absolute atomic E-state index is 0.144. The summed E-state index contributed by atoms with van der Waals surface area (Å²) in [5, 5.41) is 0.503. The molecule has 0 saturated heterocycles. The van der Waals surface area contributed by atoms with Crippen LogP contribution >= 0.6 is 23.2 Å². The molecule has 0 aliphatic heterocycles. The lowest BCUT2D eigenvalue weighted by Crippen LogP contribution is -2.09. The number of nitrogens with two attached hydrogens (primary N) is 1. The summed E-state index contributed by atoms with van der Waals surface area (Å²) < 4.78 is 37.6. The second-order valence-corrected chi connectivity index (χ2v) is 6.91. The number of anilines is 1. The Morgan fingerprint density at radius 1 is 1.10 bits per heavy atom. The molecule has 0 bridgehead atoms. The molecule has 0 radical (unpaired) electrons. The summed E-state index contributed by atoms with van der Waals surface area (Å²) in [6.07, 6.45) is 0. The number of hydrogen-bond acceptors (Lipinski definition) is 3. The van der Waals surface area contributed by atoms with Crippen LogP contribution in [0.15, 0.2) is 41.3 Å². The molecule has 7 heteroatoms. The highest BCUT2D eigenvalue weighted by molar-refractivity contribution is 7.90. The van der Waals surface area contributed by atoms with Crippen molar-refractivity contribution >= 4 is 38.7 Å². The van der Waals surface area contributed by atoms with Crippen LogP contribution in [0.25, 0.3) is 0 Å². The molecular formula is C13H10Cl2FNO2S. The van der Waals surface area contributed by atoms with Crippen molar-refractivity contribution in [3.63, 3.8) is 0 Å². The molecule has 106 valence electrons. The summed E-state index contributed by atoms with van der Waals surface area (Å²) in [7, 11) is -3.77. The normalized spacial score (nSPS) is 11.6. The van der Waals surface area contributed by atoms with Crippen molar-refractivity contribution in [1.29, 1.82) is 0 Å². The SMILES string of the molecule is Nc1cc(F)ccc1S(=O)(=O)Cc1c(Cl)cccc1Cl. The summed E-state index contributed by atoms with van der Waals surface area (Å²) in [4.78, 5) is -0.144. The third kappa shape index (κ3) is 3.06. The number of nitrogen functional groups attached to an aromatic ring is 1. The van der Waals surface area contributed by atoms with Crippen molar-refractivity contribution < 1.29 is 12.8 Å². The van der Waals surface area contributed by atoms with Gasteiger partial charge in [0.05, 0.1) is 16.3 Å². The van der Waals surface area contributed by atoms with E-state index < -0.39 is 21.4 Å². The quantitative estimate of drug-likeness (QED) is 0.688. The van der Waals surface area contributed by atoms with Crippen LogP contribution in [0.3, 0.4) is 0 Å². The van der Waals surface area contributed by atoms with Gasteiger partial charge in [-0.15, -0.1) is 0 Å². The molecule has 0 fully saturated rings. The van der Waals surface area contributed by atoms with Gasteiger partial charge in [0.2, 0.25) is 0 Å². The summed E-state index contributed by atoms with van der Waals surface area (Å²) >= 11 is 11.9. The Labute approximate surface area is 126 Å². The predicted molar refractivity (Wildman–Crippen MR) is 78.2 cm³/mol. The van der Waals surface area contributed by atoms with Crippen LogP contribution < -0.4 is 5.73 Å². The van der Waals surface area contributed by atoms with Gasteiger partial charge in [0.15, 0.2) is 9.84 Å². The fourth-order valence-electron chi connectivity index (χ4n) is 1.74. The van der Waals surface area contributed by atoms with Gasteiger partial charge in [-0.25, -0.2) is 12.8 Å². The summed E-state index contributed by atoms with van der Waals surface area (Å²) in [5.74, 6) is -1.00. The molecule has 0 spiro atoms. The van der Waals surface area contributed by atoms with Crippen LogP contribution in [0.2, 0.25) is 10.0 Å². The molecule has 0 aliphatic rings. The maximum atomic E-state index is 13.0. The average Bonchev–Trinajstić information content (AvgIpc) is 2.33. The first-order valence-corrected chi connectivity index (χ1v) is 7.93. The van der Waals surface area contributed by atoms with Gasteiger partial charge in [-0.05, 0) is 30.3 Å². The highest BCUT2D eigenvalue weighted by Crippen LogP contribution is 2.30. The van der Waals surface area contributed by atoms with E-state index in [4.69, 9.17) is 28.9 Å². The summed E-state index contributed by atoms with van der Waals surface area (Å²) in [6.45, 7) is 0. The van der Waals surface area contributed by atoms with Crippen molar-refractivity contribution in [1.82, 2.24) is 0 Å². The Morgan fingerprint density at radius 2 is 1.70 bits per heavy atom. The predicted octanol–water partition coefficient (Wildman–Crippen LogP) is 3.69. The van der Waals surface area contributed by atoms with E-state index in [0.29, 0.717) is 5.56 Å². The fraction of sp³-hybridized carbons (Fsp3) is 0.0769. The lowest BCUT2D eigenvalue weighted by molar-refractivity contribution is 0.594. The Balaban J connectivity index is 2.46. The van der Waals surface area contributed by atoms with Gasteiger partial charge >= 0.3 is 0 Å². The number of sulfone groups is 1. The monoisotopic (exact) mass is 333 g/mol. The van der Waals surface area contributed by atoms with Crippen LogP contribution in [0.1, 0.15) is 5.56 Å². The highest BCUT2D eigenvalue weighted by atomic mass is 35.5. The van der Waals surface area contributed by atoms with Crippen molar-refractivity contribution in [2.75, 3.05) is 5.73 Å². The zero-order chi connectivity index (χ0) is 14.9. The molecule has 2 aromatic rings. The van der Waals surface area contributed by atoms with Crippen LogP contribution in [0.5, 0.6) is 0 Å². The maximum Gasteiger partial charge on any atom is 0.184 e. The summed E-state index contributed by atoms with van der Waals surface area (Å²) in [5.41, 5.74) is 5.70. The standard InChI is InChI=1S/C13H10Cl2FNO2S/c14-10-2-1-3-11(15)9(10)7-20(18,19)13-5-4-8(16)6-12(13)17/h1-6H,7,17H2. The van der Waals surface area contributed by atoms with Gasteiger partial charge in [-0.3, -0.25) is 0 Å². The largest absolute Gasteiger partial charge is 0.398 e. The van der Waals surface area contributed by atoms with Gasteiger partial charge in [0.25, 0.3) is 0 Å². The molecule has 2 N–H and O–H groups in total. The Hall–Kier alpha value is -1.30. The number of hydrogen-bond donors (Lipinski definition) is 1. The number of halogens is 3. The van der Waals surface area contributed by atoms with Gasteiger partial charge < -0.3 is 5.73 Å². The van der Waals surface area contributed by atoms with Crippen LogP contribution in [-0.4, -0.2) is 8.42 Å². The van der Waals surface area contributed by atoms with E-state index in [-0.39, 0.29) is 20.6 Å². The zero-order valence-corrected chi connectivity index (χ0v) is 12.4. The first kappa shape index (κ1) is 15.1. The smallest absolute Gasteiger partial charge is 0.184 e. The van der Waals surface area contributed by atoms with E-state index >= 15 is 0 Å². The van der Waals surface area contributed by atoms with Gasteiger partial charge in [0.1, 0.15) is 5.82 Å². The lowest BCUT2D eigenvalue weighted by Gasteiger charge is -2.10. The molecule has 0 aliphatic carbocycles. The second kappa shape index (κ2) is 5.60. The average molecular weight is 334 g/mol. The van der Waals surface area contributed by atoms with E-state index in [0.717, 1.165) is 18.2 Å². The Morgan fingerprint density at radius 3 is 2.25 bits per heavy atom. The Kier molecular flexibility index (Phi) is 4.22. The zero-order valence-electron chi connectivity index (χ0n) is 10.1. The highest BCUT2D eigenvalue weighted by Gasteiger charge is 2.21. The first-order valence-electron chi connectivity index (χ1n) is 5.52. The third-order valence-corrected chi connectivity index (χ3v) is 5.12. The van der Waals surface area contributed by atoms with E-state index in [2.05, 4.69) is 0 Å². The third-order valence-electron chi connectivity index (χ3n) is 2.70. The molecule has 20 heavy (non-hydrogen) atoms. The molecule has 0 amide bonds. The minimum atomic E-state index is -3.77. The lowest BCUT2D eigenvalue weighted by atomic mass is 10.2. The number of rotatable bonds is 3. The second-order valence-electron chi connectivity index (χ2n) is 4.14. The Bertz CT molecular complexity index is 743. The number of benzene rings is 2. The molecule has 0 aromatic heterocycles. The van der Waals surface area contributed by atoms with Gasteiger partial charge in [-0.2, -0.15) is 0 Å². The maximum absolute atomic E-state index is 13.0. The molecule has 2 aromatic carbocycles. The molecular weight excluding hydrogens is 324 g/mol. The van der Waals surface area contributed by atoms with Crippen molar-refractivity contribution in [2.45, 2.75) is 10.6 Å². The molecule has 3 nitrogen and oxygen atoms in total. The fourth-order valence-corrected chi connectivity index (χ4v) is 3.97. The first-order chi connectivity index (χ1) is 9.31. The molecule has 2 rings (SSSR count). The molecule has 0 saturated carbocycles.